The lowest BCUT2D eigenvalue weighted by Crippen LogP contribution is -2.22. The number of carbonyl (C=O) groups is 2. The second-order valence-corrected chi connectivity index (χ2v) is 5.50. The van der Waals surface area contributed by atoms with E-state index in [-0.39, 0.29) is 22.8 Å². The fourth-order valence-electron chi connectivity index (χ4n) is 1.38. The smallest absolute Gasteiger partial charge is 0.338 e. The minimum atomic E-state index is -0.361. The highest BCUT2D eigenvalue weighted by atomic mass is 79.9. The van der Waals surface area contributed by atoms with Crippen LogP contribution in [-0.2, 0) is 9.53 Å². The van der Waals surface area contributed by atoms with Crippen molar-refractivity contribution in [1.82, 2.24) is 0 Å². The molecule has 0 heterocycles. The quantitative estimate of drug-likeness (QED) is 0.666. The van der Waals surface area contributed by atoms with Crippen molar-refractivity contribution in [3.63, 3.8) is 0 Å². The molecule has 0 aromatic heterocycles. The number of halogens is 1. The van der Waals surface area contributed by atoms with Crippen LogP contribution in [0.1, 0.15) is 37.6 Å². The SMILES string of the molecule is CCC(Br)C(=O)Nc1ccc(C(=O)OC(C)C)cc1. The molecule has 1 aromatic rings. The molecule has 4 nitrogen and oxygen atoms in total. The summed E-state index contributed by atoms with van der Waals surface area (Å²) < 4.78 is 5.08. The van der Waals surface area contributed by atoms with Crippen molar-refractivity contribution in [2.24, 2.45) is 0 Å². The van der Waals surface area contributed by atoms with Crippen molar-refractivity contribution >= 4 is 33.5 Å². The first-order chi connectivity index (χ1) is 8.93. The minimum Gasteiger partial charge on any atom is -0.459 e. The number of amides is 1. The number of rotatable bonds is 5. The fraction of sp³-hybridized carbons (Fsp3) is 0.429. The molecule has 0 aliphatic rings. The average Bonchev–Trinajstić information content (AvgIpc) is 2.37. The van der Waals surface area contributed by atoms with Crippen LogP contribution < -0.4 is 5.32 Å². The fourth-order valence-corrected chi connectivity index (χ4v) is 1.49. The van der Waals surface area contributed by atoms with E-state index in [4.69, 9.17) is 4.74 Å². The van der Waals surface area contributed by atoms with Crippen LogP contribution in [0.5, 0.6) is 0 Å². The summed E-state index contributed by atoms with van der Waals surface area (Å²) >= 11 is 3.28. The second kappa shape index (κ2) is 7.28. The zero-order valence-corrected chi connectivity index (χ0v) is 12.9. The van der Waals surface area contributed by atoms with E-state index in [9.17, 15) is 9.59 Å². The van der Waals surface area contributed by atoms with Gasteiger partial charge in [-0.15, -0.1) is 0 Å². The van der Waals surface area contributed by atoms with Gasteiger partial charge in [0.05, 0.1) is 16.5 Å². The summed E-state index contributed by atoms with van der Waals surface area (Å²) in [5.74, 6) is -0.459. The van der Waals surface area contributed by atoms with Crippen LogP contribution in [0.15, 0.2) is 24.3 Å². The number of hydrogen-bond donors (Lipinski definition) is 1. The Morgan fingerprint density at radius 3 is 2.32 bits per heavy atom. The van der Waals surface area contributed by atoms with Gasteiger partial charge >= 0.3 is 5.97 Å². The number of hydrogen-bond acceptors (Lipinski definition) is 3. The molecular weight excluding hydrogens is 310 g/mol. The van der Waals surface area contributed by atoms with Crippen LogP contribution in [0.25, 0.3) is 0 Å². The van der Waals surface area contributed by atoms with Gasteiger partial charge in [0.1, 0.15) is 0 Å². The van der Waals surface area contributed by atoms with E-state index in [1.807, 2.05) is 6.92 Å². The van der Waals surface area contributed by atoms with Crippen molar-refractivity contribution in [1.29, 1.82) is 0 Å². The van der Waals surface area contributed by atoms with Crippen molar-refractivity contribution in [2.45, 2.75) is 38.1 Å². The molecule has 5 heteroatoms. The van der Waals surface area contributed by atoms with Gasteiger partial charge in [-0.05, 0) is 44.5 Å². The van der Waals surface area contributed by atoms with Crippen LogP contribution in [0.3, 0.4) is 0 Å². The Morgan fingerprint density at radius 2 is 1.84 bits per heavy atom. The zero-order chi connectivity index (χ0) is 14.4. The van der Waals surface area contributed by atoms with Crippen LogP contribution in [0, 0.1) is 0 Å². The van der Waals surface area contributed by atoms with Crippen LogP contribution in [-0.4, -0.2) is 22.8 Å². The molecule has 0 radical (unpaired) electrons. The number of nitrogens with one attached hydrogen (secondary N) is 1. The van der Waals surface area contributed by atoms with Gasteiger partial charge in [0.15, 0.2) is 0 Å². The predicted octanol–water partition coefficient (Wildman–Crippen LogP) is 3.36. The Bertz CT molecular complexity index is 443. The Labute approximate surface area is 121 Å². The topological polar surface area (TPSA) is 55.4 Å². The Balaban J connectivity index is 2.66. The van der Waals surface area contributed by atoms with Gasteiger partial charge in [0, 0.05) is 5.69 Å². The van der Waals surface area contributed by atoms with Crippen molar-refractivity contribution in [3.8, 4) is 0 Å². The highest BCUT2D eigenvalue weighted by Crippen LogP contribution is 2.14. The van der Waals surface area contributed by atoms with E-state index < -0.39 is 0 Å². The predicted molar refractivity (Wildman–Crippen MR) is 78.6 cm³/mol. The minimum absolute atomic E-state index is 0.0972. The van der Waals surface area contributed by atoms with Gasteiger partial charge in [-0.2, -0.15) is 0 Å². The maximum Gasteiger partial charge on any atom is 0.338 e. The van der Waals surface area contributed by atoms with E-state index in [1.165, 1.54) is 0 Å². The maximum atomic E-state index is 11.7. The Morgan fingerprint density at radius 1 is 1.26 bits per heavy atom. The summed E-state index contributed by atoms with van der Waals surface area (Å²) in [4.78, 5) is 23.1. The van der Waals surface area contributed by atoms with E-state index in [0.29, 0.717) is 17.7 Å². The molecule has 104 valence electrons. The van der Waals surface area contributed by atoms with Crippen molar-refractivity contribution < 1.29 is 14.3 Å². The monoisotopic (exact) mass is 327 g/mol. The zero-order valence-electron chi connectivity index (χ0n) is 11.3. The lowest BCUT2D eigenvalue weighted by molar-refractivity contribution is -0.115. The summed E-state index contributed by atoms with van der Waals surface area (Å²) in [7, 11) is 0. The van der Waals surface area contributed by atoms with Crippen LogP contribution >= 0.6 is 15.9 Å². The molecule has 0 saturated carbocycles. The molecule has 1 unspecified atom stereocenters. The number of esters is 1. The number of alkyl halides is 1. The average molecular weight is 328 g/mol. The third-order valence-electron chi connectivity index (χ3n) is 2.37. The summed E-state index contributed by atoms with van der Waals surface area (Å²) in [6.45, 7) is 5.52. The van der Waals surface area contributed by atoms with Gasteiger partial charge in [0.2, 0.25) is 5.91 Å². The first kappa shape index (κ1) is 15.7. The molecule has 1 atom stereocenters. The van der Waals surface area contributed by atoms with Gasteiger partial charge < -0.3 is 10.1 Å². The highest BCUT2D eigenvalue weighted by molar-refractivity contribution is 9.10. The second-order valence-electron chi connectivity index (χ2n) is 4.40. The number of carbonyl (C=O) groups excluding carboxylic acids is 2. The highest BCUT2D eigenvalue weighted by Gasteiger charge is 2.13. The van der Waals surface area contributed by atoms with E-state index in [2.05, 4.69) is 21.2 Å². The molecule has 0 bridgehead atoms. The molecular formula is C14H18BrNO3. The largest absolute Gasteiger partial charge is 0.459 e. The number of benzene rings is 1. The van der Waals surface area contributed by atoms with Crippen molar-refractivity contribution in [2.75, 3.05) is 5.32 Å². The standard InChI is InChI=1S/C14H18BrNO3/c1-4-12(15)13(17)16-11-7-5-10(6-8-11)14(18)19-9(2)3/h5-9,12H,4H2,1-3H3,(H,16,17). The first-order valence-electron chi connectivity index (χ1n) is 6.20. The lowest BCUT2D eigenvalue weighted by Gasteiger charge is -2.10. The van der Waals surface area contributed by atoms with Gasteiger partial charge in [0.25, 0.3) is 0 Å². The number of ether oxygens (including phenoxy) is 1. The molecule has 1 aromatic carbocycles. The normalized spacial score (nSPS) is 12.1. The summed E-state index contributed by atoms with van der Waals surface area (Å²) in [6.07, 6.45) is 0.565. The van der Waals surface area contributed by atoms with E-state index >= 15 is 0 Å². The molecule has 0 saturated heterocycles. The number of anilines is 1. The third-order valence-corrected chi connectivity index (χ3v) is 3.44. The molecule has 0 aliphatic carbocycles. The molecule has 0 aliphatic heterocycles. The molecule has 1 N–H and O–H groups in total. The first-order valence-corrected chi connectivity index (χ1v) is 7.11. The van der Waals surface area contributed by atoms with Crippen LogP contribution in [0.2, 0.25) is 0 Å². The van der Waals surface area contributed by atoms with Gasteiger partial charge in [-0.1, -0.05) is 22.9 Å². The van der Waals surface area contributed by atoms with Crippen LogP contribution in [0.4, 0.5) is 5.69 Å². The van der Waals surface area contributed by atoms with E-state index in [1.54, 1.807) is 38.1 Å². The summed E-state index contributed by atoms with van der Waals surface area (Å²) in [6, 6.07) is 6.64. The Hall–Kier alpha value is -1.36. The molecule has 1 amide bonds. The molecule has 0 spiro atoms. The summed E-state index contributed by atoms with van der Waals surface area (Å²) in [5, 5.41) is 2.76. The molecule has 1 rings (SSSR count). The maximum absolute atomic E-state index is 11.7. The Kier molecular flexibility index (Phi) is 6.02. The van der Waals surface area contributed by atoms with E-state index in [0.717, 1.165) is 0 Å². The van der Waals surface area contributed by atoms with Gasteiger partial charge in [-0.3, -0.25) is 4.79 Å². The third kappa shape index (κ3) is 5.03. The molecule has 0 fully saturated rings. The molecule has 19 heavy (non-hydrogen) atoms. The van der Waals surface area contributed by atoms with Gasteiger partial charge in [-0.25, -0.2) is 4.79 Å². The summed E-state index contributed by atoms with van der Waals surface area (Å²) in [5.41, 5.74) is 1.13. The van der Waals surface area contributed by atoms with Crippen molar-refractivity contribution in [3.05, 3.63) is 29.8 Å². The lowest BCUT2D eigenvalue weighted by atomic mass is 10.2.